The molecule has 1 nitrogen and oxygen atoms in total. The molecule has 17 heavy (non-hydrogen) atoms. The van der Waals surface area contributed by atoms with Gasteiger partial charge in [0, 0.05) is 11.9 Å². The van der Waals surface area contributed by atoms with Gasteiger partial charge >= 0.3 is 0 Å². The van der Waals surface area contributed by atoms with E-state index in [1.165, 1.54) is 6.07 Å². The fourth-order valence-electron chi connectivity index (χ4n) is 1.37. The zero-order valence-electron chi connectivity index (χ0n) is 8.79. The maximum Gasteiger partial charge on any atom is 0.162 e. The minimum Gasteiger partial charge on any atom is -0.457 e. The molecule has 4 heteroatoms. The molecule has 2 aromatic carbocycles. The third-order valence-corrected chi connectivity index (χ3v) is 2.49. The lowest BCUT2D eigenvalue weighted by Crippen LogP contribution is -1.89. The van der Waals surface area contributed by atoms with Crippen LogP contribution in [-0.2, 0) is 5.88 Å². The van der Waals surface area contributed by atoms with Gasteiger partial charge in [0.05, 0.1) is 0 Å². The van der Waals surface area contributed by atoms with Gasteiger partial charge in [-0.15, -0.1) is 11.6 Å². The number of benzene rings is 2. The highest BCUT2D eigenvalue weighted by Crippen LogP contribution is 2.24. The Labute approximate surface area is 103 Å². The van der Waals surface area contributed by atoms with Crippen molar-refractivity contribution in [2.24, 2.45) is 0 Å². The first-order valence-corrected chi connectivity index (χ1v) is 5.50. The van der Waals surface area contributed by atoms with E-state index in [4.69, 9.17) is 16.3 Å². The van der Waals surface area contributed by atoms with Gasteiger partial charge in [-0.25, -0.2) is 8.78 Å². The Balaban J connectivity index is 2.22. The molecule has 0 N–H and O–H groups in total. The van der Waals surface area contributed by atoms with E-state index in [0.717, 1.165) is 17.7 Å². The largest absolute Gasteiger partial charge is 0.457 e. The highest BCUT2D eigenvalue weighted by molar-refractivity contribution is 6.17. The minimum absolute atomic E-state index is 0.246. The van der Waals surface area contributed by atoms with E-state index in [2.05, 4.69) is 0 Å². The highest BCUT2D eigenvalue weighted by Gasteiger charge is 2.04. The van der Waals surface area contributed by atoms with Crippen LogP contribution in [0.3, 0.4) is 0 Å². The molecule has 88 valence electrons. The van der Waals surface area contributed by atoms with Crippen molar-refractivity contribution in [3.8, 4) is 11.5 Å². The van der Waals surface area contributed by atoms with Crippen molar-refractivity contribution >= 4 is 11.6 Å². The minimum atomic E-state index is -0.934. The Morgan fingerprint density at radius 2 is 1.71 bits per heavy atom. The van der Waals surface area contributed by atoms with Crippen LogP contribution >= 0.6 is 11.6 Å². The van der Waals surface area contributed by atoms with E-state index in [1.54, 1.807) is 18.2 Å². The molecule has 0 bridgehead atoms. The van der Waals surface area contributed by atoms with Gasteiger partial charge in [-0.2, -0.15) is 0 Å². The summed E-state index contributed by atoms with van der Waals surface area (Å²) in [6.45, 7) is 0. The second kappa shape index (κ2) is 5.15. The van der Waals surface area contributed by atoms with Gasteiger partial charge in [0.2, 0.25) is 0 Å². The normalized spacial score (nSPS) is 10.3. The van der Waals surface area contributed by atoms with Gasteiger partial charge in [-0.1, -0.05) is 12.1 Å². The van der Waals surface area contributed by atoms with E-state index in [0.29, 0.717) is 11.6 Å². The van der Waals surface area contributed by atoms with Crippen molar-refractivity contribution in [3.05, 3.63) is 59.7 Å². The summed E-state index contributed by atoms with van der Waals surface area (Å²) in [5, 5.41) is 0. The highest BCUT2D eigenvalue weighted by atomic mass is 35.5. The van der Waals surface area contributed by atoms with Gasteiger partial charge in [0.15, 0.2) is 11.6 Å². The third-order valence-electron chi connectivity index (χ3n) is 2.18. The third kappa shape index (κ3) is 2.94. The van der Waals surface area contributed by atoms with E-state index in [1.807, 2.05) is 6.07 Å². The lowest BCUT2D eigenvalue weighted by atomic mass is 10.2. The van der Waals surface area contributed by atoms with Crippen molar-refractivity contribution in [3.63, 3.8) is 0 Å². The van der Waals surface area contributed by atoms with Crippen molar-refractivity contribution < 1.29 is 13.5 Å². The van der Waals surface area contributed by atoms with Crippen LogP contribution in [-0.4, -0.2) is 0 Å². The van der Waals surface area contributed by atoms with Crippen LogP contribution in [0.15, 0.2) is 42.5 Å². The van der Waals surface area contributed by atoms with Crippen LogP contribution in [0.2, 0.25) is 0 Å². The summed E-state index contributed by atoms with van der Waals surface area (Å²) in [6.07, 6.45) is 0. The molecule has 0 aliphatic carbocycles. The monoisotopic (exact) mass is 254 g/mol. The molecule has 0 saturated heterocycles. The first-order chi connectivity index (χ1) is 8.19. The summed E-state index contributed by atoms with van der Waals surface area (Å²) in [4.78, 5) is 0. The molecule has 0 aliphatic heterocycles. The first kappa shape index (κ1) is 11.9. The molecular weight excluding hydrogens is 246 g/mol. The Bertz CT molecular complexity index is 529. The summed E-state index contributed by atoms with van der Waals surface area (Å²) in [5.41, 5.74) is 0.895. The number of rotatable bonds is 3. The predicted octanol–water partition coefficient (Wildman–Crippen LogP) is 4.50. The summed E-state index contributed by atoms with van der Waals surface area (Å²) in [7, 11) is 0. The quantitative estimate of drug-likeness (QED) is 0.733. The molecular formula is C13H9ClF2O. The van der Waals surface area contributed by atoms with Crippen LogP contribution in [0.4, 0.5) is 8.78 Å². The van der Waals surface area contributed by atoms with Crippen molar-refractivity contribution in [1.29, 1.82) is 0 Å². The van der Waals surface area contributed by atoms with E-state index in [9.17, 15) is 8.78 Å². The summed E-state index contributed by atoms with van der Waals surface area (Å²) in [6, 6.07) is 10.5. The molecule has 0 atom stereocenters. The standard InChI is InChI=1S/C13H9ClF2O/c14-8-9-2-1-3-10(6-9)17-11-4-5-12(15)13(16)7-11/h1-7H,8H2. The van der Waals surface area contributed by atoms with Gasteiger partial charge in [0.25, 0.3) is 0 Å². The average molecular weight is 255 g/mol. The number of ether oxygens (including phenoxy) is 1. The van der Waals surface area contributed by atoms with Crippen molar-refractivity contribution in [2.75, 3.05) is 0 Å². The molecule has 0 aliphatic rings. The van der Waals surface area contributed by atoms with Gasteiger partial charge < -0.3 is 4.74 Å². The van der Waals surface area contributed by atoms with Crippen LogP contribution in [0, 0.1) is 11.6 Å². The lowest BCUT2D eigenvalue weighted by molar-refractivity contribution is 0.461. The molecule has 0 saturated carbocycles. The molecule has 0 aromatic heterocycles. The van der Waals surface area contributed by atoms with Crippen LogP contribution in [0.25, 0.3) is 0 Å². The Morgan fingerprint density at radius 3 is 2.41 bits per heavy atom. The lowest BCUT2D eigenvalue weighted by Gasteiger charge is -2.06. The fourth-order valence-corrected chi connectivity index (χ4v) is 1.53. The summed E-state index contributed by atoms with van der Waals surface area (Å²) >= 11 is 5.68. The average Bonchev–Trinajstić information content (AvgIpc) is 2.34. The number of hydrogen-bond donors (Lipinski definition) is 0. The topological polar surface area (TPSA) is 9.23 Å². The van der Waals surface area contributed by atoms with E-state index < -0.39 is 11.6 Å². The van der Waals surface area contributed by atoms with Crippen molar-refractivity contribution in [1.82, 2.24) is 0 Å². The number of alkyl halides is 1. The Morgan fingerprint density at radius 1 is 0.941 bits per heavy atom. The fraction of sp³-hybridized carbons (Fsp3) is 0.0769. The smallest absolute Gasteiger partial charge is 0.162 e. The first-order valence-electron chi connectivity index (χ1n) is 4.97. The van der Waals surface area contributed by atoms with Crippen LogP contribution in [0.1, 0.15) is 5.56 Å². The number of hydrogen-bond acceptors (Lipinski definition) is 1. The molecule has 0 spiro atoms. The van der Waals surface area contributed by atoms with Gasteiger partial charge in [-0.05, 0) is 29.8 Å². The van der Waals surface area contributed by atoms with Crippen molar-refractivity contribution in [2.45, 2.75) is 5.88 Å². The predicted molar refractivity (Wildman–Crippen MR) is 62.4 cm³/mol. The molecule has 0 heterocycles. The summed E-state index contributed by atoms with van der Waals surface area (Å²) < 4.78 is 31.1. The second-order valence-corrected chi connectivity index (χ2v) is 3.73. The Kier molecular flexibility index (Phi) is 3.59. The zero-order valence-corrected chi connectivity index (χ0v) is 9.55. The molecule has 0 fully saturated rings. The SMILES string of the molecule is Fc1ccc(Oc2cccc(CCl)c2)cc1F. The van der Waals surface area contributed by atoms with E-state index >= 15 is 0 Å². The second-order valence-electron chi connectivity index (χ2n) is 3.46. The number of halogens is 3. The van der Waals surface area contributed by atoms with Crippen LogP contribution in [0.5, 0.6) is 11.5 Å². The van der Waals surface area contributed by atoms with E-state index in [-0.39, 0.29) is 5.75 Å². The summed E-state index contributed by atoms with van der Waals surface area (Å²) in [5.74, 6) is -0.678. The van der Waals surface area contributed by atoms with Gasteiger partial charge in [-0.3, -0.25) is 0 Å². The molecule has 2 aromatic rings. The molecule has 2 rings (SSSR count). The maximum atomic E-state index is 13.0. The maximum absolute atomic E-state index is 13.0. The van der Waals surface area contributed by atoms with Crippen LogP contribution < -0.4 is 4.74 Å². The molecule has 0 radical (unpaired) electrons. The zero-order chi connectivity index (χ0) is 12.3. The Hall–Kier alpha value is -1.61. The molecule has 0 amide bonds. The molecule has 0 unspecified atom stereocenters. The van der Waals surface area contributed by atoms with Gasteiger partial charge in [0.1, 0.15) is 11.5 Å².